The number of nitrogens with two attached hydrogens (primary N) is 1. The van der Waals surface area contributed by atoms with Gasteiger partial charge in [0.05, 0.1) is 6.20 Å². The van der Waals surface area contributed by atoms with E-state index in [1.165, 1.54) is 6.07 Å². The number of anilines is 1. The van der Waals surface area contributed by atoms with E-state index in [4.69, 9.17) is 5.73 Å². The molecule has 1 aromatic carbocycles. The smallest absolute Gasteiger partial charge is 0.126 e. The summed E-state index contributed by atoms with van der Waals surface area (Å²) in [5.41, 5.74) is 9.47. The van der Waals surface area contributed by atoms with Crippen molar-refractivity contribution < 1.29 is 4.39 Å². The molecule has 2 N–H and O–H groups in total. The Kier molecular flexibility index (Phi) is 4.09. The Morgan fingerprint density at radius 3 is 2.70 bits per heavy atom. The molecule has 0 aliphatic heterocycles. The second kappa shape index (κ2) is 5.63. The first-order valence-electron chi connectivity index (χ1n) is 6.62. The summed E-state index contributed by atoms with van der Waals surface area (Å²) in [6, 6.07) is 3.18. The highest BCUT2D eigenvalue weighted by Crippen LogP contribution is 2.28. The molecule has 0 spiro atoms. The van der Waals surface area contributed by atoms with Gasteiger partial charge in [0, 0.05) is 44.1 Å². The molecular formula is C15H21FN4. The molecule has 0 aliphatic carbocycles. The zero-order chi connectivity index (χ0) is 14.9. The van der Waals surface area contributed by atoms with E-state index in [1.54, 1.807) is 11.6 Å². The second-order valence-electron chi connectivity index (χ2n) is 5.33. The van der Waals surface area contributed by atoms with Crippen molar-refractivity contribution in [3.05, 3.63) is 47.0 Å². The van der Waals surface area contributed by atoms with Gasteiger partial charge in [-0.25, -0.2) is 4.39 Å². The fourth-order valence-corrected chi connectivity index (χ4v) is 2.29. The second-order valence-corrected chi connectivity index (χ2v) is 5.33. The van der Waals surface area contributed by atoms with Crippen LogP contribution in [0.3, 0.4) is 0 Å². The summed E-state index contributed by atoms with van der Waals surface area (Å²) in [5, 5.41) is 4.16. The van der Waals surface area contributed by atoms with Crippen LogP contribution < -0.4 is 10.6 Å². The normalized spacial score (nSPS) is 12.5. The molecule has 2 aromatic rings. The van der Waals surface area contributed by atoms with Gasteiger partial charge in [0.15, 0.2) is 0 Å². The molecule has 0 saturated heterocycles. The highest BCUT2D eigenvalue weighted by atomic mass is 19.1. The maximum Gasteiger partial charge on any atom is 0.126 e. The lowest BCUT2D eigenvalue weighted by molar-refractivity contribution is 0.612. The molecule has 4 nitrogen and oxygen atoms in total. The van der Waals surface area contributed by atoms with E-state index in [2.05, 4.69) is 10.00 Å². The molecule has 1 unspecified atom stereocenters. The van der Waals surface area contributed by atoms with E-state index in [9.17, 15) is 4.39 Å². The summed E-state index contributed by atoms with van der Waals surface area (Å²) in [4.78, 5) is 2.07. The molecule has 1 aromatic heterocycles. The third-order valence-corrected chi connectivity index (χ3v) is 3.39. The van der Waals surface area contributed by atoms with Crippen molar-refractivity contribution in [3.63, 3.8) is 0 Å². The summed E-state index contributed by atoms with van der Waals surface area (Å²) in [6.07, 6.45) is 3.80. The first-order valence-corrected chi connectivity index (χ1v) is 6.62. The molecule has 1 heterocycles. The van der Waals surface area contributed by atoms with Gasteiger partial charge in [0.2, 0.25) is 0 Å². The minimum Gasteiger partial charge on any atom is -0.370 e. The average Bonchev–Trinajstić information content (AvgIpc) is 2.77. The van der Waals surface area contributed by atoms with Crippen LogP contribution in [0.1, 0.15) is 29.7 Å². The zero-order valence-electron chi connectivity index (χ0n) is 12.4. The van der Waals surface area contributed by atoms with Crippen LogP contribution in [-0.2, 0) is 13.6 Å². The van der Waals surface area contributed by atoms with Gasteiger partial charge < -0.3 is 10.6 Å². The molecule has 0 bridgehead atoms. The number of hydrogen-bond donors (Lipinski definition) is 1. The Morgan fingerprint density at radius 1 is 1.45 bits per heavy atom. The van der Waals surface area contributed by atoms with Crippen LogP contribution in [0.4, 0.5) is 10.1 Å². The summed E-state index contributed by atoms with van der Waals surface area (Å²) in [6.45, 7) is 4.34. The van der Waals surface area contributed by atoms with Crippen LogP contribution in [0.25, 0.3) is 0 Å². The minimum absolute atomic E-state index is 0.212. The van der Waals surface area contributed by atoms with Crippen molar-refractivity contribution in [2.75, 3.05) is 11.9 Å². The maximum absolute atomic E-state index is 13.7. The van der Waals surface area contributed by atoms with Gasteiger partial charge in [-0.3, -0.25) is 4.68 Å². The standard InChI is InChI=1S/C15H21FN4/c1-10-5-15(13(11(2)17)6-14(10)16)19(3)8-12-7-18-20(4)9-12/h5-7,9,11H,8,17H2,1-4H3. The van der Waals surface area contributed by atoms with Gasteiger partial charge in [-0.05, 0) is 37.1 Å². The van der Waals surface area contributed by atoms with Crippen LogP contribution >= 0.6 is 0 Å². The Bertz CT molecular complexity index is 604. The highest BCUT2D eigenvalue weighted by molar-refractivity contribution is 5.56. The van der Waals surface area contributed by atoms with E-state index >= 15 is 0 Å². The van der Waals surface area contributed by atoms with Crippen LogP contribution in [-0.4, -0.2) is 16.8 Å². The van der Waals surface area contributed by atoms with E-state index < -0.39 is 0 Å². The van der Waals surface area contributed by atoms with Crippen LogP contribution in [0.2, 0.25) is 0 Å². The van der Waals surface area contributed by atoms with Crippen LogP contribution in [0.5, 0.6) is 0 Å². The highest BCUT2D eigenvalue weighted by Gasteiger charge is 2.14. The molecule has 0 radical (unpaired) electrons. The Hall–Kier alpha value is -1.88. The molecule has 1 atom stereocenters. The van der Waals surface area contributed by atoms with Gasteiger partial charge in [-0.1, -0.05) is 0 Å². The van der Waals surface area contributed by atoms with Crippen molar-refractivity contribution in [2.45, 2.75) is 26.4 Å². The lowest BCUT2D eigenvalue weighted by Gasteiger charge is -2.24. The summed E-state index contributed by atoms with van der Waals surface area (Å²) < 4.78 is 15.5. The Morgan fingerprint density at radius 2 is 2.15 bits per heavy atom. The van der Waals surface area contributed by atoms with Gasteiger partial charge in [0.1, 0.15) is 5.82 Å². The lowest BCUT2D eigenvalue weighted by Crippen LogP contribution is -2.20. The molecule has 0 amide bonds. The van der Waals surface area contributed by atoms with Crippen molar-refractivity contribution >= 4 is 5.69 Å². The molecular weight excluding hydrogens is 255 g/mol. The molecule has 0 aliphatic rings. The summed E-state index contributed by atoms with van der Waals surface area (Å²) in [7, 11) is 3.87. The molecule has 0 saturated carbocycles. The molecule has 2 rings (SSSR count). The molecule has 0 fully saturated rings. The predicted molar refractivity (Wildman–Crippen MR) is 79.1 cm³/mol. The van der Waals surface area contributed by atoms with Crippen LogP contribution in [0, 0.1) is 12.7 Å². The fourth-order valence-electron chi connectivity index (χ4n) is 2.29. The third-order valence-electron chi connectivity index (χ3n) is 3.39. The molecule has 5 heteroatoms. The maximum atomic E-state index is 13.7. The van der Waals surface area contributed by atoms with Gasteiger partial charge in [-0.15, -0.1) is 0 Å². The predicted octanol–water partition coefficient (Wildman–Crippen LogP) is 2.52. The van der Waals surface area contributed by atoms with Crippen molar-refractivity contribution in [3.8, 4) is 0 Å². The number of nitrogens with zero attached hydrogens (tertiary/aromatic N) is 3. The number of aryl methyl sites for hydroxylation is 2. The fraction of sp³-hybridized carbons (Fsp3) is 0.400. The largest absolute Gasteiger partial charge is 0.370 e. The van der Waals surface area contributed by atoms with E-state index in [0.717, 1.165) is 16.8 Å². The zero-order valence-corrected chi connectivity index (χ0v) is 12.4. The average molecular weight is 276 g/mol. The summed E-state index contributed by atoms with van der Waals surface area (Å²) in [5.74, 6) is -0.212. The molecule has 108 valence electrons. The first kappa shape index (κ1) is 14.5. The van der Waals surface area contributed by atoms with Gasteiger partial charge >= 0.3 is 0 Å². The van der Waals surface area contributed by atoms with Gasteiger partial charge in [0.25, 0.3) is 0 Å². The minimum atomic E-state index is -0.212. The van der Waals surface area contributed by atoms with E-state index in [0.29, 0.717) is 12.1 Å². The third kappa shape index (κ3) is 2.99. The number of benzene rings is 1. The van der Waals surface area contributed by atoms with Gasteiger partial charge in [-0.2, -0.15) is 5.10 Å². The Labute approximate surface area is 119 Å². The first-order chi connectivity index (χ1) is 9.38. The quantitative estimate of drug-likeness (QED) is 0.933. The summed E-state index contributed by atoms with van der Waals surface area (Å²) >= 11 is 0. The van der Waals surface area contributed by atoms with Crippen molar-refractivity contribution in [2.24, 2.45) is 12.8 Å². The Balaban J connectivity index is 2.33. The van der Waals surface area contributed by atoms with Crippen molar-refractivity contribution in [1.82, 2.24) is 9.78 Å². The number of rotatable bonds is 4. The van der Waals surface area contributed by atoms with E-state index in [1.807, 2.05) is 39.5 Å². The van der Waals surface area contributed by atoms with E-state index in [-0.39, 0.29) is 11.9 Å². The number of hydrogen-bond acceptors (Lipinski definition) is 3. The SMILES string of the molecule is Cc1cc(N(C)Cc2cnn(C)c2)c(C(C)N)cc1F. The lowest BCUT2D eigenvalue weighted by atomic mass is 10.0. The number of aromatic nitrogens is 2. The number of halogens is 1. The van der Waals surface area contributed by atoms with Crippen LogP contribution in [0.15, 0.2) is 24.5 Å². The topological polar surface area (TPSA) is 47.1 Å². The monoisotopic (exact) mass is 276 g/mol. The molecule has 20 heavy (non-hydrogen) atoms. The van der Waals surface area contributed by atoms with Crippen molar-refractivity contribution in [1.29, 1.82) is 0 Å².